The van der Waals surface area contributed by atoms with E-state index in [0.29, 0.717) is 11.4 Å². The van der Waals surface area contributed by atoms with E-state index in [1.54, 1.807) is 6.33 Å². The molecule has 0 saturated heterocycles. The second kappa shape index (κ2) is 11.8. The standard InChI is InChI=1S/C46H38N6OSi/c1-45(2)33-22-11-16-28-39(33)53-41-34(46(45,3)4)23-17-29-40(41)54(31-18-7-5-8-19-31,32-20-9-6-10-21-32)43-48-30-47-42(50-43)52-38-27-15-14-26-37(38)51-36-25-13-12-24-35(36)49-44(51)52/h5-30H,1-4H3. The molecule has 1 aliphatic rings. The van der Waals surface area contributed by atoms with Crippen molar-refractivity contribution < 1.29 is 4.74 Å². The van der Waals surface area contributed by atoms with E-state index in [-0.39, 0.29) is 10.8 Å². The van der Waals surface area contributed by atoms with E-state index in [2.05, 4.69) is 170 Å². The maximum absolute atomic E-state index is 7.27. The minimum absolute atomic E-state index is 0.244. The van der Waals surface area contributed by atoms with Gasteiger partial charge in [-0.15, -0.1) is 0 Å². The zero-order chi connectivity index (χ0) is 36.7. The van der Waals surface area contributed by atoms with Crippen molar-refractivity contribution in [2.45, 2.75) is 38.5 Å². The summed E-state index contributed by atoms with van der Waals surface area (Å²) in [6.45, 7) is 9.34. The normalized spacial score (nSPS) is 14.7. The van der Waals surface area contributed by atoms with Crippen LogP contribution in [0.3, 0.4) is 0 Å². The summed E-state index contributed by atoms with van der Waals surface area (Å²) in [6, 6.07) is 53.3. The van der Waals surface area contributed by atoms with Crippen molar-refractivity contribution in [3.05, 3.63) is 169 Å². The molecule has 4 heterocycles. The summed E-state index contributed by atoms with van der Waals surface area (Å²) in [5.74, 6) is 3.00. The molecule has 8 heteroatoms. The zero-order valence-corrected chi connectivity index (χ0v) is 31.6. The molecular weight excluding hydrogens is 681 g/mol. The number of hydrogen-bond donors (Lipinski definition) is 0. The van der Waals surface area contributed by atoms with Crippen molar-refractivity contribution in [1.82, 2.24) is 28.9 Å². The molecule has 0 radical (unpaired) electrons. The fraction of sp³-hybridized carbons (Fsp3) is 0.130. The van der Waals surface area contributed by atoms with Gasteiger partial charge in [-0.2, -0.15) is 0 Å². The molecule has 6 aromatic carbocycles. The van der Waals surface area contributed by atoms with Gasteiger partial charge in [-0.05, 0) is 40.7 Å². The van der Waals surface area contributed by atoms with E-state index in [0.717, 1.165) is 60.5 Å². The Hall–Kier alpha value is -6.38. The molecule has 1 aliphatic heterocycles. The number of fused-ring (bicyclic) bond motifs is 7. The van der Waals surface area contributed by atoms with Gasteiger partial charge in [0.05, 0.1) is 22.1 Å². The summed E-state index contributed by atoms with van der Waals surface area (Å²) in [7, 11) is -3.37. The van der Waals surface area contributed by atoms with Gasteiger partial charge < -0.3 is 4.74 Å². The summed E-state index contributed by atoms with van der Waals surface area (Å²) in [5.41, 5.74) is 6.44. The fourth-order valence-corrected chi connectivity index (χ4v) is 13.1. The van der Waals surface area contributed by atoms with E-state index in [1.807, 2.05) is 18.2 Å². The van der Waals surface area contributed by atoms with Crippen LogP contribution >= 0.6 is 0 Å². The first kappa shape index (κ1) is 32.3. The minimum Gasteiger partial charge on any atom is -0.457 e. The van der Waals surface area contributed by atoms with Crippen LogP contribution < -0.4 is 25.7 Å². The lowest BCUT2D eigenvalue weighted by Gasteiger charge is -2.42. The highest BCUT2D eigenvalue weighted by molar-refractivity contribution is 7.19. The number of hydrogen-bond acceptors (Lipinski definition) is 5. The first-order valence-electron chi connectivity index (χ1n) is 18.4. The zero-order valence-electron chi connectivity index (χ0n) is 30.6. The van der Waals surface area contributed by atoms with Crippen molar-refractivity contribution in [3.8, 4) is 17.4 Å². The summed E-state index contributed by atoms with van der Waals surface area (Å²) in [4.78, 5) is 20.8. The van der Waals surface area contributed by atoms with Crippen LogP contribution in [-0.4, -0.2) is 37.0 Å². The topological polar surface area (TPSA) is 70.1 Å². The number of benzene rings is 6. The molecule has 7 nitrogen and oxygen atoms in total. The van der Waals surface area contributed by atoms with Crippen LogP contribution in [0.4, 0.5) is 0 Å². The Bertz CT molecular complexity index is 2840. The van der Waals surface area contributed by atoms with Crippen molar-refractivity contribution >= 4 is 56.9 Å². The van der Waals surface area contributed by atoms with Crippen LogP contribution in [0.25, 0.3) is 33.8 Å². The summed E-state index contributed by atoms with van der Waals surface area (Å²) in [6.07, 6.45) is 1.67. The van der Waals surface area contributed by atoms with Gasteiger partial charge in [-0.1, -0.05) is 149 Å². The number of ether oxygens (including phenoxy) is 1. The Balaban J connectivity index is 1.32. The predicted octanol–water partition coefficient (Wildman–Crippen LogP) is 7.35. The highest BCUT2D eigenvalue weighted by Gasteiger charge is 2.51. The molecular formula is C46H38N6OSi. The third-order valence-corrected chi connectivity index (χ3v) is 16.6. The molecule has 0 saturated carbocycles. The third-order valence-electron chi connectivity index (χ3n) is 12.0. The molecule has 0 bridgehead atoms. The van der Waals surface area contributed by atoms with Crippen LogP contribution in [0.15, 0.2) is 158 Å². The van der Waals surface area contributed by atoms with E-state index in [9.17, 15) is 0 Å². The number of rotatable bonds is 5. The molecule has 0 N–H and O–H groups in total. The molecule has 0 aliphatic carbocycles. The maximum Gasteiger partial charge on any atom is 0.239 e. The first-order chi connectivity index (χ1) is 26.3. The van der Waals surface area contributed by atoms with Gasteiger partial charge in [0.25, 0.3) is 0 Å². The highest BCUT2D eigenvalue weighted by atomic mass is 28.3. The summed E-state index contributed by atoms with van der Waals surface area (Å²) < 4.78 is 11.5. The van der Waals surface area contributed by atoms with Gasteiger partial charge in [-0.25, -0.2) is 24.5 Å². The molecule has 3 aromatic heterocycles. The molecule has 0 spiro atoms. The van der Waals surface area contributed by atoms with Crippen LogP contribution in [0.1, 0.15) is 38.8 Å². The molecule has 262 valence electrons. The fourth-order valence-electron chi connectivity index (χ4n) is 8.65. The predicted molar refractivity (Wildman–Crippen MR) is 219 cm³/mol. The molecule has 0 amide bonds. The minimum atomic E-state index is -3.37. The van der Waals surface area contributed by atoms with E-state index in [1.165, 1.54) is 5.56 Å². The second-order valence-corrected chi connectivity index (χ2v) is 18.8. The number of imidazole rings is 2. The Kier molecular flexibility index (Phi) is 7.06. The van der Waals surface area contributed by atoms with Crippen molar-refractivity contribution in [2.75, 3.05) is 0 Å². The Labute approximate surface area is 314 Å². The van der Waals surface area contributed by atoms with Crippen molar-refractivity contribution in [3.63, 3.8) is 0 Å². The van der Waals surface area contributed by atoms with Gasteiger partial charge in [0, 0.05) is 27.1 Å². The molecule has 9 aromatic rings. The summed E-state index contributed by atoms with van der Waals surface area (Å²) >= 11 is 0. The lowest BCUT2D eigenvalue weighted by molar-refractivity contribution is 0.306. The average Bonchev–Trinajstić information content (AvgIpc) is 3.72. The molecule has 0 atom stereocenters. The van der Waals surface area contributed by atoms with E-state index < -0.39 is 8.07 Å². The largest absolute Gasteiger partial charge is 0.457 e. The Morgan fingerprint density at radius 1 is 0.537 bits per heavy atom. The SMILES string of the molecule is CC1(C)c2ccccc2Oc2c(cccc2[Si](c2ccccc2)(c2ccccc2)c2ncnc(-n3c4ccccc4n4c5ccccc5nc34)n2)C1(C)C. The van der Waals surface area contributed by atoms with Gasteiger partial charge >= 0.3 is 0 Å². The van der Waals surface area contributed by atoms with Crippen LogP contribution in [0.5, 0.6) is 11.5 Å². The van der Waals surface area contributed by atoms with Gasteiger partial charge in [-0.3, -0.25) is 4.40 Å². The number of aromatic nitrogens is 6. The average molecular weight is 719 g/mol. The van der Waals surface area contributed by atoms with Crippen LogP contribution in [0.2, 0.25) is 0 Å². The van der Waals surface area contributed by atoms with Gasteiger partial charge in [0.15, 0.2) is 0 Å². The first-order valence-corrected chi connectivity index (χ1v) is 20.4. The van der Waals surface area contributed by atoms with Crippen LogP contribution in [-0.2, 0) is 10.8 Å². The molecule has 10 rings (SSSR count). The summed E-state index contributed by atoms with van der Waals surface area (Å²) in [5, 5.41) is 3.38. The van der Waals surface area contributed by atoms with Gasteiger partial charge in [0.1, 0.15) is 23.3 Å². The quantitative estimate of drug-likeness (QED) is 0.138. The monoisotopic (exact) mass is 718 g/mol. The lowest BCUT2D eigenvalue weighted by atomic mass is 9.61. The van der Waals surface area contributed by atoms with Crippen molar-refractivity contribution in [2.24, 2.45) is 0 Å². The highest BCUT2D eigenvalue weighted by Crippen LogP contribution is 2.52. The third kappa shape index (κ3) is 4.40. The van der Waals surface area contributed by atoms with Crippen molar-refractivity contribution in [1.29, 1.82) is 0 Å². The molecule has 54 heavy (non-hydrogen) atoms. The number of para-hydroxylation sites is 6. The van der Waals surface area contributed by atoms with Crippen LogP contribution in [0, 0.1) is 0 Å². The Morgan fingerprint density at radius 2 is 1.13 bits per heavy atom. The second-order valence-electron chi connectivity index (χ2n) is 15.2. The molecule has 0 unspecified atom stereocenters. The smallest absolute Gasteiger partial charge is 0.239 e. The van der Waals surface area contributed by atoms with E-state index in [4.69, 9.17) is 24.7 Å². The molecule has 0 fully saturated rings. The van der Waals surface area contributed by atoms with Gasteiger partial charge in [0.2, 0.25) is 19.8 Å². The number of nitrogens with zero attached hydrogens (tertiary/aromatic N) is 6. The lowest BCUT2D eigenvalue weighted by Crippen LogP contribution is -2.76. The van der Waals surface area contributed by atoms with E-state index >= 15 is 0 Å². The maximum atomic E-state index is 7.27. The Morgan fingerprint density at radius 3 is 1.87 bits per heavy atom.